The molecule has 5 aromatic rings. The van der Waals surface area contributed by atoms with Crippen LogP contribution in [-0.4, -0.2) is 44.9 Å². The highest BCUT2D eigenvalue weighted by Gasteiger charge is 2.27. The number of amides is 1. The number of fused-ring (bicyclic) bond motifs is 3. The van der Waals surface area contributed by atoms with Gasteiger partial charge in [-0.05, 0) is 60.5 Å². The number of carbonyl (C=O) groups excluding carboxylic acids is 1. The number of imidazole rings is 1. The summed E-state index contributed by atoms with van der Waals surface area (Å²) in [5.74, 6) is 2.82. The number of hydrogen-bond acceptors (Lipinski definition) is 6. The third-order valence-corrected chi connectivity index (χ3v) is 7.78. The monoisotopic (exact) mass is 529 g/mol. The molecule has 0 N–H and O–H groups in total. The number of ether oxygens (including phenoxy) is 1. The zero-order valence-electron chi connectivity index (χ0n) is 22.1. The van der Waals surface area contributed by atoms with Crippen LogP contribution in [-0.2, 0) is 24.4 Å². The van der Waals surface area contributed by atoms with Crippen molar-refractivity contribution in [3.05, 3.63) is 101 Å². The molecule has 8 rings (SSSR count). The van der Waals surface area contributed by atoms with Gasteiger partial charge in [-0.2, -0.15) is 5.26 Å². The molecular formula is C32H27N5O3. The number of piperazine rings is 1. The first kappa shape index (κ1) is 24.2. The van der Waals surface area contributed by atoms with Crippen LogP contribution in [0.2, 0.25) is 0 Å². The lowest BCUT2D eigenvalue weighted by molar-refractivity contribution is -0.136. The molecule has 3 aliphatic heterocycles. The molecule has 0 saturated carbocycles. The number of aryl methyl sites for hydroxylation is 1. The van der Waals surface area contributed by atoms with E-state index in [-0.39, 0.29) is 5.91 Å². The van der Waals surface area contributed by atoms with Gasteiger partial charge >= 0.3 is 0 Å². The quantitative estimate of drug-likeness (QED) is 0.286. The van der Waals surface area contributed by atoms with Crippen LogP contribution in [0.4, 0.5) is 0 Å². The standard InChI is InChI=1S/C32H27N5O3/c1-21-34-16-26-19-35-10-11-36(32(38)20-35)18-25-13-27(39-30-12-22(17-37(21)26)6-7-24(30)15-33)8-9-28(25)31-14-23-4-2-3-5-29(23)40-31/h2-9,12-14,16H,10-11,17-20H2,1H3. The van der Waals surface area contributed by atoms with Crippen LogP contribution in [0.25, 0.3) is 22.3 Å². The molecule has 6 bridgehead atoms. The first-order valence-corrected chi connectivity index (χ1v) is 13.4. The Morgan fingerprint density at radius 1 is 0.950 bits per heavy atom. The minimum Gasteiger partial charge on any atom is -0.456 e. The number of para-hydroxylation sites is 1. The molecule has 1 fully saturated rings. The Morgan fingerprint density at radius 3 is 2.70 bits per heavy atom. The highest BCUT2D eigenvalue weighted by molar-refractivity contribution is 5.84. The van der Waals surface area contributed by atoms with Crippen molar-refractivity contribution in [2.45, 2.75) is 26.6 Å². The molecule has 1 amide bonds. The van der Waals surface area contributed by atoms with Gasteiger partial charge in [0.05, 0.1) is 17.8 Å². The Bertz CT molecular complexity index is 1780. The van der Waals surface area contributed by atoms with Crippen LogP contribution in [0.1, 0.15) is 28.2 Å². The molecular weight excluding hydrogens is 502 g/mol. The lowest BCUT2D eigenvalue weighted by Crippen LogP contribution is -2.49. The average Bonchev–Trinajstić information content (AvgIpc) is 3.53. The molecule has 8 heteroatoms. The van der Waals surface area contributed by atoms with E-state index in [1.165, 1.54) is 0 Å². The third-order valence-electron chi connectivity index (χ3n) is 7.78. The maximum Gasteiger partial charge on any atom is 0.237 e. The summed E-state index contributed by atoms with van der Waals surface area (Å²) in [4.78, 5) is 22.0. The second-order valence-corrected chi connectivity index (χ2v) is 10.4. The zero-order chi connectivity index (χ0) is 27.2. The maximum absolute atomic E-state index is 13.4. The molecule has 0 radical (unpaired) electrons. The van der Waals surface area contributed by atoms with Crippen molar-refractivity contribution < 1.29 is 13.9 Å². The fourth-order valence-electron chi connectivity index (χ4n) is 5.62. The molecule has 5 heterocycles. The summed E-state index contributed by atoms with van der Waals surface area (Å²) in [6.45, 7) is 5.38. The predicted octanol–water partition coefficient (Wildman–Crippen LogP) is 5.47. The second kappa shape index (κ2) is 9.70. The van der Waals surface area contributed by atoms with Crippen LogP contribution in [0.5, 0.6) is 11.5 Å². The van der Waals surface area contributed by atoms with Crippen LogP contribution < -0.4 is 4.74 Å². The van der Waals surface area contributed by atoms with Gasteiger partial charge in [0.1, 0.15) is 34.7 Å². The number of rotatable bonds is 1. The lowest BCUT2D eigenvalue weighted by atomic mass is 10.0. The van der Waals surface area contributed by atoms with Gasteiger partial charge in [0.25, 0.3) is 0 Å². The number of nitriles is 1. The van der Waals surface area contributed by atoms with Crippen LogP contribution in [0.3, 0.4) is 0 Å². The third kappa shape index (κ3) is 4.40. The predicted molar refractivity (Wildman–Crippen MR) is 150 cm³/mol. The topological polar surface area (TPSA) is 87.5 Å². The van der Waals surface area contributed by atoms with Gasteiger partial charge in [-0.25, -0.2) is 4.98 Å². The molecule has 8 nitrogen and oxygen atoms in total. The molecule has 198 valence electrons. The minimum atomic E-state index is 0.0833. The zero-order valence-corrected chi connectivity index (χ0v) is 22.1. The first-order chi connectivity index (χ1) is 19.5. The highest BCUT2D eigenvalue weighted by atomic mass is 16.5. The fraction of sp³-hybridized carbons (Fsp3) is 0.219. The summed E-state index contributed by atoms with van der Waals surface area (Å²) < 4.78 is 14.7. The highest BCUT2D eigenvalue weighted by Crippen LogP contribution is 2.35. The number of carbonyl (C=O) groups is 1. The van der Waals surface area contributed by atoms with Gasteiger partial charge in [-0.15, -0.1) is 0 Å². The minimum absolute atomic E-state index is 0.0833. The largest absolute Gasteiger partial charge is 0.456 e. The van der Waals surface area contributed by atoms with Crippen molar-refractivity contribution in [2.75, 3.05) is 19.6 Å². The van der Waals surface area contributed by atoms with E-state index in [9.17, 15) is 10.1 Å². The van der Waals surface area contributed by atoms with E-state index in [1.54, 1.807) is 6.07 Å². The summed E-state index contributed by atoms with van der Waals surface area (Å²) >= 11 is 0. The average molecular weight is 530 g/mol. The lowest BCUT2D eigenvalue weighted by Gasteiger charge is -2.35. The van der Waals surface area contributed by atoms with Crippen LogP contribution in [0, 0.1) is 18.3 Å². The van der Waals surface area contributed by atoms with Gasteiger partial charge in [0.15, 0.2) is 0 Å². The van der Waals surface area contributed by atoms with E-state index < -0.39 is 0 Å². The summed E-state index contributed by atoms with van der Waals surface area (Å²) in [6.07, 6.45) is 1.89. The summed E-state index contributed by atoms with van der Waals surface area (Å²) in [7, 11) is 0. The second-order valence-electron chi connectivity index (χ2n) is 10.4. The van der Waals surface area contributed by atoms with E-state index in [0.29, 0.717) is 49.8 Å². The normalized spacial score (nSPS) is 16.9. The van der Waals surface area contributed by atoms with E-state index in [4.69, 9.17) is 9.15 Å². The van der Waals surface area contributed by atoms with Crippen molar-refractivity contribution in [1.82, 2.24) is 19.4 Å². The summed E-state index contributed by atoms with van der Waals surface area (Å²) in [5.41, 5.74) is 5.16. The van der Waals surface area contributed by atoms with Crippen molar-refractivity contribution in [1.29, 1.82) is 5.26 Å². The van der Waals surface area contributed by atoms with Crippen molar-refractivity contribution in [3.8, 4) is 28.9 Å². The van der Waals surface area contributed by atoms with Gasteiger partial charge in [0, 0.05) is 49.9 Å². The summed E-state index contributed by atoms with van der Waals surface area (Å²) in [5, 5.41) is 10.8. The molecule has 1 saturated heterocycles. The Labute approximate surface area is 231 Å². The Balaban J connectivity index is 1.35. The first-order valence-electron chi connectivity index (χ1n) is 13.4. The molecule has 2 aromatic heterocycles. The number of nitrogens with zero attached hydrogens (tertiary/aromatic N) is 5. The molecule has 0 spiro atoms. The Hall–Kier alpha value is -4.87. The number of furan rings is 1. The Morgan fingerprint density at radius 2 is 1.85 bits per heavy atom. The van der Waals surface area contributed by atoms with Crippen LogP contribution in [0.15, 0.2) is 77.3 Å². The van der Waals surface area contributed by atoms with E-state index in [2.05, 4.69) is 20.5 Å². The van der Waals surface area contributed by atoms with Gasteiger partial charge in [-0.1, -0.05) is 24.3 Å². The van der Waals surface area contributed by atoms with E-state index >= 15 is 0 Å². The molecule has 1 unspecified atom stereocenters. The molecule has 40 heavy (non-hydrogen) atoms. The smallest absolute Gasteiger partial charge is 0.237 e. The van der Waals surface area contributed by atoms with Gasteiger partial charge in [0.2, 0.25) is 5.91 Å². The Kier molecular flexibility index (Phi) is 5.87. The van der Waals surface area contributed by atoms with Crippen molar-refractivity contribution >= 4 is 16.9 Å². The molecule has 3 aromatic carbocycles. The van der Waals surface area contributed by atoms with Gasteiger partial charge in [-0.3, -0.25) is 9.69 Å². The maximum atomic E-state index is 13.4. The SMILES string of the molecule is Cc1ncc2n1Cc1ccc(C#N)c(c1)Oc1ccc(-c3cc4ccccc4o3)c(c1)CN1CCN(CC1=O)C2. The van der Waals surface area contributed by atoms with Crippen LogP contribution >= 0.6 is 0 Å². The molecule has 0 aliphatic carbocycles. The number of benzene rings is 3. The number of hydrogen-bond donors (Lipinski definition) is 0. The van der Waals surface area contributed by atoms with Crippen molar-refractivity contribution in [3.63, 3.8) is 0 Å². The van der Waals surface area contributed by atoms with E-state index in [1.807, 2.05) is 78.7 Å². The molecule has 3 aliphatic rings. The number of aromatic nitrogens is 2. The summed E-state index contributed by atoms with van der Waals surface area (Å²) in [6, 6.07) is 23.7. The van der Waals surface area contributed by atoms with E-state index in [0.717, 1.165) is 51.5 Å². The molecule has 1 atom stereocenters. The van der Waals surface area contributed by atoms with Gasteiger partial charge < -0.3 is 18.6 Å². The van der Waals surface area contributed by atoms with Crippen molar-refractivity contribution in [2.24, 2.45) is 0 Å². The fourth-order valence-corrected chi connectivity index (χ4v) is 5.62.